The lowest BCUT2D eigenvalue weighted by Gasteiger charge is -2.00. The predicted octanol–water partition coefficient (Wildman–Crippen LogP) is 0.545. The molecule has 4 heteroatoms. The van der Waals surface area contributed by atoms with Gasteiger partial charge in [0.05, 0.1) is 5.69 Å². The number of aromatic nitrogens is 2. The Morgan fingerprint density at radius 2 is 2.38 bits per heavy atom. The molecule has 0 unspecified atom stereocenters. The molecule has 0 aromatic carbocycles. The van der Waals surface area contributed by atoms with Crippen LogP contribution in [0, 0.1) is 0 Å². The second kappa shape index (κ2) is 5.24. The lowest BCUT2D eigenvalue weighted by atomic mass is 10.2. The molecule has 1 amide bonds. The standard InChI is InChI=1S/C9H13N3O/c1-2-11-9(13)4-3-8-7-10-5-6-12-8/h5-7H,2-4H2,1H3,(H,11,13). The van der Waals surface area contributed by atoms with E-state index >= 15 is 0 Å². The van der Waals surface area contributed by atoms with Crippen LogP contribution in [0.15, 0.2) is 18.6 Å². The quantitative estimate of drug-likeness (QED) is 0.734. The molecule has 0 spiro atoms. The number of carbonyl (C=O) groups excluding carboxylic acids is 1. The van der Waals surface area contributed by atoms with Crippen LogP contribution in [0.2, 0.25) is 0 Å². The maximum absolute atomic E-state index is 11.1. The Morgan fingerprint density at radius 3 is 3.00 bits per heavy atom. The van der Waals surface area contributed by atoms with E-state index in [1.165, 1.54) is 0 Å². The van der Waals surface area contributed by atoms with E-state index in [0.29, 0.717) is 19.4 Å². The fraction of sp³-hybridized carbons (Fsp3) is 0.444. The zero-order valence-corrected chi connectivity index (χ0v) is 7.66. The van der Waals surface area contributed by atoms with Gasteiger partial charge < -0.3 is 5.32 Å². The third kappa shape index (κ3) is 3.64. The summed E-state index contributed by atoms with van der Waals surface area (Å²) in [6.07, 6.45) is 6.06. The van der Waals surface area contributed by atoms with E-state index in [9.17, 15) is 4.79 Å². The molecule has 1 heterocycles. The van der Waals surface area contributed by atoms with Crippen molar-refractivity contribution >= 4 is 5.91 Å². The first-order valence-electron chi connectivity index (χ1n) is 4.34. The van der Waals surface area contributed by atoms with Crippen molar-refractivity contribution in [1.82, 2.24) is 15.3 Å². The van der Waals surface area contributed by atoms with Gasteiger partial charge in [0.25, 0.3) is 0 Å². The van der Waals surface area contributed by atoms with Crippen LogP contribution in [-0.4, -0.2) is 22.4 Å². The minimum Gasteiger partial charge on any atom is -0.356 e. The van der Waals surface area contributed by atoms with Crippen molar-refractivity contribution < 1.29 is 4.79 Å². The van der Waals surface area contributed by atoms with E-state index in [1.807, 2.05) is 6.92 Å². The number of rotatable bonds is 4. The van der Waals surface area contributed by atoms with Crippen LogP contribution in [0.5, 0.6) is 0 Å². The molecule has 0 aliphatic heterocycles. The van der Waals surface area contributed by atoms with E-state index in [4.69, 9.17) is 0 Å². The molecule has 1 aromatic heterocycles. The topological polar surface area (TPSA) is 54.9 Å². The fourth-order valence-electron chi connectivity index (χ4n) is 0.986. The van der Waals surface area contributed by atoms with Gasteiger partial charge >= 0.3 is 0 Å². The molecule has 70 valence electrons. The maximum atomic E-state index is 11.1. The molecule has 1 rings (SSSR count). The van der Waals surface area contributed by atoms with Gasteiger partial charge in [0, 0.05) is 31.6 Å². The van der Waals surface area contributed by atoms with Crippen molar-refractivity contribution in [2.45, 2.75) is 19.8 Å². The first-order valence-corrected chi connectivity index (χ1v) is 4.34. The summed E-state index contributed by atoms with van der Waals surface area (Å²) in [6, 6.07) is 0. The minimum absolute atomic E-state index is 0.0631. The molecular formula is C9H13N3O. The molecule has 13 heavy (non-hydrogen) atoms. The molecule has 1 aromatic rings. The highest BCUT2D eigenvalue weighted by atomic mass is 16.1. The van der Waals surface area contributed by atoms with Crippen molar-refractivity contribution in [2.24, 2.45) is 0 Å². The first-order chi connectivity index (χ1) is 6.33. The lowest BCUT2D eigenvalue weighted by Crippen LogP contribution is -2.22. The average molecular weight is 179 g/mol. The van der Waals surface area contributed by atoms with Gasteiger partial charge in [-0.3, -0.25) is 14.8 Å². The highest BCUT2D eigenvalue weighted by Crippen LogP contribution is 1.95. The van der Waals surface area contributed by atoms with E-state index in [-0.39, 0.29) is 5.91 Å². The van der Waals surface area contributed by atoms with E-state index in [0.717, 1.165) is 5.69 Å². The third-order valence-electron chi connectivity index (χ3n) is 1.60. The zero-order valence-electron chi connectivity index (χ0n) is 7.66. The first kappa shape index (κ1) is 9.64. The van der Waals surface area contributed by atoms with Crippen molar-refractivity contribution in [1.29, 1.82) is 0 Å². The van der Waals surface area contributed by atoms with E-state index in [1.54, 1.807) is 18.6 Å². The van der Waals surface area contributed by atoms with Crippen LogP contribution in [-0.2, 0) is 11.2 Å². The van der Waals surface area contributed by atoms with E-state index < -0.39 is 0 Å². The van der Waals surface area contributed by atoms with Gasteiger partial charge in [-0.2, -0.15) is 0 Å². The maximum Gasteiger partial charge on any atom is 0.220 e. The second-order valence-corrected chi connectivity index (χ2v) is 2.65. The number of hydrogen-bond donors (Lipinski definition) is 1. The van der Waals surface area contributed by atoms with Crippen molar-refractivity contribution in [2.75, 3.05) is 6.54 Å². The predicted molar refractivity (Wildman–Crippen MR) is 49.0 cm³/mol. The lowest BCUT2D eigenvalue weighted by molar-refractivity contribution is -0.120. The molecule has 0 aliphatic carbocycles. The number of nitrogens with zero attached hydrogens (tertiary/aromatic N) is 2. The summed E-state index contributed by atoms with van der Waals surface area (Å²) >= 11 is 0. The molecule has 0 fully saturated rings. The number of hydrogen-bond acceptors (Lipinski definition) is 3. The largest absolute Gasteiger partial charge is 0.356 e. The third-order valence-corrected chi connectivity index (χ3v) is 1.60. The molecule has 4 nitrogen and oxygen atoms in total. The molecule has 0 radical (unpaired) electrons. The Balaban J connectivity index is 2.31. The molecule has 0 saturated heterocycles. The Labute approximate surface area is 77.4 Å². The average Bonchev–Trinajstić information content (AvgIpc) is 2.17. The molecule has 0 atom stereocenters. The number of carbonyl (C=O) groups is 1. The SMILES string of the molecule is CCNC(=O)CCc1cnccn1. The Bertz CT molecular complexity index is 261. The van der Waals surface area contributed by atoms with Gasteiger partial charge in [-0.25, -0.2) is 0 Å². The molecule has 0 saturated carbocycles. The highest BCUT2D eigenvalue weighted by molar-refractivity contribution is 5.75. The number of aryl methyl sites for hydroxylation is 1. The Kier molecular flexibility index (Phi) is 3.88. The second-order valence-electron chi connectivity index (χ2n) is 2.65. The van der Waals surface area contributed by atoms with Gasteiger partial charge in [0.15, 0.2) is 0 Å². The highest BCUT2D eigenvalue weighted by Gasteiger charge is 2.00. The van der Waals surface area contributed by atoms with Gasteiger partial charge in [-0.1, -0.05) is 0 Å². The van der Waals surface area contributed by atoms with E-state index in [2.05, 4.69) is 15.3 Å². The van der Waals surface area contributed by atoms with Crippen molar-refractivity contribution in [3.8, 4) is 0 Å². The summed E-state index contributed by atoms with van der Waals surface area (Å²) in [5.74, 6) is 0.0631. The zero-order chi connectivity index (χ0) is 9.52. The molecule has 0 aliphatic rings. The van der Waals surface area contributed by atoms with Gasteiger partial charge in [0.1, 0.15) is 0 Å². The van der Waals surface area contributed by atoms with Crippen molar-refractivity contribution in [3.63, 3.8) is 0 Å². The van der Waals surface area contributed by atoms with Crippen LogP contribution >= 0.6 is 0 Å². The summed E-state index contributed by atoms with van der Waals surface area (Å²) in [4.78, 5) is 19.0. The molecular weight excluding hydrogens is 166 g/mol. The monoisotopic (exact) mass is 179 g/mol. The summed E-state index contributed by atoms with van der Waals surface area (Å²) in [6.45, 7) is 2.58. The molecule has 1 N–H and O–H groups in total. The molecule has 0 bridgehead atoms. The minimum atomic E-state index is 0.0631. The summed E-state index contributed by atoms with van der Waals surface area (Å²) < 4.78 is 0. The summed E-state index contributed by atoms with van der Waals surface area (Å²) in [5, 5.41) is 2.73. The van der Waals surface area contributed by atoms with Crippen molar-refractivity contribution in [3.05, 3.63) is 24.3 Å². The normalized spacial score (nSPS) is 9.62. The summed E-state index contributed by atoms with van der Waals surface area (Å²) in [7, 11) is 0. The van der Waals surface area contributed by atoms with Crippen LogP contribution < -0.4 is 5.32 Å². The van der Waals surface area contributed by atoms with Gasteiger partial charge in [0.2, 0.25) is 5.91 Å². The van der Waals surface area contributed by atoms with Gasteiger partial charge in [-0.15, -0.1) is 0 Å². The van der Waals surface area contributed by atoms with Crippen LogP contribution in [0.25, 0.3) is 0 Å². The van der Waals surface area contributed by atoms with Crippen LogP contribution in [0.3, 0.4) is 0 Å². The Morgan fingerprint density at radius 1 is 1.54 bits per heavy atom. The number of nitrogens with one attached hydrogen (secondary N) is 1. The van der Waals surface area contributed by atoms with Crippen LogP contribution in [0.4, 0.5) is 0 Å². The Hall–Kier alpha value is -1.45. The smallest absolute Gasteiger partial charge is 0.220 e. The summed E-state index contributed by atoms with van der Waals surface area (Å²) in [5.41, 5.74) is 0.855. The van der Waals surface area contributed by atoms with Gasteiger partial charge in [-0.05, 0) is 13.3 Å². The number of amides is 1. The van der Waals surface area contributed by atoms with Crippen LogP contribution in [0.1, 0.15) is 19.0 Å². The fourth-order valence-corrected chi connectivity index (χ4v) is 0.986.